The normalized spacial score (nSPS) is 13.9. The molecule has 0 saturated carbocycles. The number of aliphatic hydroxyl groups is 1. The fourth-order valence-corrected chi connectivity index (χ4v) is 4.50. The van der Waals surface area contributed by atoms with Crippen molar-refractivity contribution in [3.8, 4) is 5.69 Å². The molecule has 0 fully saturated rings. The molecular formula is C26H30N6O2. The van der Waals surface area contributed by atoms with Crippen LogP contribution >= 0.6 is 0 Å². The summed E-state index contributed by atoms with van der Waals surface area (Å²) in [6, 6.07) is 11.9. The highest BCUT2D eigenvalue weighted by atomic mass is 16.3. The van der Waals surface area contributed by atoms with Crippen LogP contribution in [0.15, 0.2) is 53.6 Å². The lowest BCUT2D eigenvalue weighted by molar-refractivity contribution is 0.0738. The van der Waals surface area contributed by atoms with Crippen molar-refractivity contribution >= 4 is 22.4 Å². The number of aromatic nitrogens is 4. The monoisotopic (exact) mass is 458 g/mol. The largest absolute Gasteiger partial charge is 0.384 e. The van der Waals surface area contributed by atoms with Gasteiger partial charge in [0.05, 0.1) is 22.3 Å². The minimum absolute atomic E-state index is 0.0804. The molecule has 5 rings (SSSR count). The molecule has 0 amide bonds. The summed E-state index contributed by atoms with van der Waals surface area (Å²) in [6.07, 6.45) is 4.33. The van der Waals surface area contributed by atoms with Gasteiger partial charge in [0.2, 0.25) is 0 Å². The lowest BCUT2D eigenvalue weighted by Crippen LogP contribution is -2.25. The molecule has 0 aliphatic carbocycles. The van der Waals surface area contributed by atoms with Crippen LogP contribution in [0.3, 0.4) is 0 Å². The number of hydrogen-bond acceptors (Lipinski definition) is 6. The fraction of sp³-hybridized carbons (Fsp3) is 0.346. The Balaban J connectivity index is 1.63. The van der Waals surface area contributed by atoms with Crippen LogP contribution in [0.5, 0.6) is 0 Å². The molecule has 8 heteroatoms. The van der Waals surface area contributed by atoms with Gasteiger partial charge in [-0.25, -0.2) is 14.3 Å². The standard InChI is InChI=1S/C26H30N6O2/c1-16(2)31-25(33)21-15-29-24(30-19-6-5-17-7-9-27-14-18(17)11-19)13-22(21)32(31)20-8-10-28-23(12-20)26(3,4)34/h5-6,8,10-13,15-16,27,34H,7,9,14H2,1-4H3,(H,29,30). The third kappa shape index (κ3) is 3.99. The second kappa shape index (κ2) is 8.38. The van der Waals surface area contributed by atoms with Crippen molar-refractivity contribution in [2.24, 2.45) is 0 Å². The second-order valence-corrected chi connectivity index (χ2v) is 9.64. The van der Waals surface area contributed by atoms with Gasteiger partial charge < -0.3 is 15.7 Å². The van der Waals surface area contributed by atoms with Gasteiger partial charge in [-0.2, -0.15) is 0 Å². The summed E-state index contributed by atoms with van der Waals surface area (Å²) in [5, 5.41) is 17.8. The number of benzene rings is 1. The van der Waals surface area contributed by atoms with Gasteiger partial charge in [-0.1, -0.05) is 6.07 Å². The van der Waals surface area contributed by atoms with Crippen LogP contribution in [0.25, 0.3) is 16.6 Å². The molecule has 8 nitrogen and oxygen atoms in total. The summed E-state index contributed by atoms with van der Waals surface area (Å²) in [5.41, 5.74) is 4.44. The quantitative estimate of drug-likeness (QED) is 0.421. The zero-order valence-electron chi connectivity index (χ0n) is 20.0. The highest BCUT2D eigenvalue weighted by molar-refractivity contribution is 5.83. The third-order valence-corrected chi connectivity index (χ3v) is 6.23. The average molecular weight is 459 g/mol. The SMILES string of the molecule is CC(C)n1c(=O)c2cnc(Nc3ccc4c(c3)CNCC4)cc2n1-c1ccnc(C(C)(C)O)c1. The van der Waals surface area contributed by atoms with Crippen LogP contribution in [0.2, 0.25) is 0 Å². The molecule has 4 aromatic rings. The molecule has 4 heterocycles. The van der Waals surface area contributed by atoms with Gasteiger partial charge in [-0.15, -0.1) is 0 Å². The molecule has 3 aromatic heterocycles. The highest BCUT2D eigenvalue weighted by Crippen LogP contribution is 2.27. The molecule has 34 heavy (non-hydrogen) atoms. The van der Waals surface area contributed by atoms with Crippen molar-refractivity contribution < 1.29 is 5.11 Å². The van der Waals surface area contributed by atoms with E-state index >= 15 is 0 Å². The zero-order chi connectivity index (χ0) is 24.0. The maximum Gasteiger partial charge on any atom is 0.276 e. The molecule has 0 saturated heterocycles. The number of rotatable bonds is 5. The van der Waals surface area contributed by atoms with Crippen molar-refractivity contribution in [3.05, 3.63) is 76.0 Å². The Morgan fingerprint density at radius 1 is 1.12 bits per heavy atom. The summed E-state index contributed by atoms with van der Waals surface area (Å²) in [6.45, 7) is 9.21. The smallest absolute Gasteiger partial charge is 0.276 e. The van der Waals surface area contributed by atoms with Gasteiger partial charge >= 0.3 is 0 Å². The first-order chi connectivity index (χ1) is 16.2. The summed E-state index contributed by atoms with van der Waals surface area (Å²) in [4.78, 5) is 22.1. The van der Waals surface area contributed by atoms with E-state index in [1.54, 1.807) is 30.9 Å². The molecule has 0 bridgehead atoms. The van der Waals surface area contributed by atoms with Crippen molar-refractivity contribution in [1.29, 1.82) is 0 Å². The lowest BCUT2D eigenvalue weighted by Gasteiger charge is -2.20. The Labute approximate surface area is 198 Å². The molecule has 0 spiro atoms. The van der Waals surface area contributed by atoms with E-state index in [2.05, 4.69) is 38.8 Å². The maximum atomic E-state index is 13.3. The molecule has 3 N–H and O–H groups in total. The third-order valence-electron chi connectivity index (χ3n) is 6.23. The van der Waals surface area contributed by atoms with Gasteiger partial charge in [-0.3, -0.25) is 9.78 Å². The first-order valence-electron chi connectivity index (χ1n) is 11.6. The molecule has 1 aliphatic rings. The lowest BCUT2D eigenvalue weighted by atomic mass is 10.0. The van der Waals surface area contributed by atoms with Gasteiger partial charge in [0.1, 0.15) is 11.4 Å². The Hall–Kier alpha value is -3.49. The number of fused-ring (bicyclic) bond motifs is 2. The second-order valence-electron chi connectivity index (χ2n) is 9.64. The minimum Gasteiger partial charge on any atom is -0.384 e. The van der Waals surface area contributed by atoms with Crippen molar-refractivity contribution in [3.63, 3.8) is 0 Å². The Kier molecular flexibility index (Phi) is 5.50. The molecule has 0 unspecified atom stereocenters. The van der Waals surface area contributed by atoms with Gasteiger partial charge in [-0.05, 0) is 76.1 Å². The van der Waals surface area contributed by atoms with Gasteiger partial charge in [0.15, 0.2) is 0 Å². The van der Waals surface area contributed by atoms with E-state index in [1.807, 2.05) is 36.7 Å². The van der Waals surface area contributed by atoms with Crippen LogP contribution in [0.1, 0.15) is 50.6 Å². The zero-order valence-corrected chi connectivity index (χ0v) is 20.0. The summed E-state index contributed by atoms with van der Waals surface area (Å²) in [7, 11) is 0. The van der Waals surface area contributed by atoms with Crippen molar-refractivity contribution in [1.82, 2.24) is 24.6 Å². The van der Waals surface area contributed by atoms with E-state index in [1.165, 1.54) is 11.1 Å². The Bertz CT molecular complexity index is 1430. The van der Waals surface area contributed by atoms with E-state index in [0.29, 0.717) is 16.9 Å². The minimum atomic E-state index is -1.10. The van der Waals surface area contributed by atoms with Crippen LogP contribution in [0, 0.1) is 0 Å². The topological polar surface area (TPSA) is 97.0 Å². The van der Waals surface area contributed by atoms with E-state index in [0.717, 1.165) is 36.4 Å². The predicted molar refractivity (Wildman–Crippen MR) is 134 cm³/mol. The number of nitrogens with zero attached hydrogens (tertiary/aromatic N) is 4. The Morgan fingerprint density at radius 3 is 2.71 bits per heavy atom. The average Bonchev–Trinajstić information content (AvgIpc) is 3.10. The Morgan fingerprint density at radius 2 is 1.94 bits per heavy atom. The molecule has 176 valence electrons. The maximum absolute atomic E-state index is 13.3. The van der Waals surface area contributed by atoms with Crippen LogP contribution in [-0.4, -0.2) is 31.0 Å². The fourth-order valence-electron chi connectivity index (χ4n) is 4.50. The number of nitrogens with one attached hydrogen (secondary N) is 2. The number of anilines is 2. The first-order valence-corrected chi connectivity index (χ1v) is 11.6. The molecular weight excluding hydrogens is 428 g/mol. The van der Waals surface area contributed by atoms with Crippen LogP contribution in [-0.2, 0) is 18.6 Å². The van der Waals surface area contributed by atoms with Crippen LogP contribution in [0.4, 0.5) is 11.5 Å². The summed E-state index contributed by atoms with van der Waals surface area (Å²) >= 11 is 0. The van der Waals surface area contributed by atoms with Crippen molar-refractivity contribution in [2.75, 3.05) is 11.9 Å². The summed E-state index contributed by atoms with van der Waals surface area (Å²) < 4.78 is 3.60. The molecule has 1 aliphatic heterocycles. The van der Waals surface area contributed by atoms with Gasteiger partial charge in [0, 0.05) is 36.7 Å². The number of pyridine rings is 2. The van der Waals surface area contributed by atoms with E-state index in [-0.39, 0.29) is 11.6 Å². The number of hydrogen-bond donors (Lipinski definition) is 3. The van der Waals surface area contributed by atoms with Crippen LogP contribution < -0.4 is 16.2 Å². The molecule has 0 atom stereocenters. The summed E-state index contributed by atoms with van der Waals surface area (Å²) in [5.74, 6) is 0.655. The first kappa shape index (κ1) is 22.3. The molecule has 0 radical (unpaired) electrons. The highest BCUT2D eigenvalue weighted by Gasteiger charge is 2.22. The van der Waals surface area contributed by atoms with Gasteiger partial charge in [0.25, 0.3) is 5.56 Å². The molecule has 1 aromatic carbocycles. The van der Waals surface area contributed by atoms with E-state index < -0.39 is 5.60 Å². The predicted octanol–water partition coefficient (Wildman–Crippen LogP) is 3.78. The van der Waals surface area contributed by atoms with E-state index in [4.69, 9.17) is 0 Å². The van der Waals surface area contributed by atoms with Crippen molar-refractivity contribution in [2.45, 2.75) is 52.3 Å². The van der Waals surface area contributed by atoms with E-state index in [9.17, 15) is 9.90 Å².